The van der Waals surface area contributed by atoms with Crippen LogP contribution in [0.4, 0.5) is 10.1 Å². The Labute approximate surface area is 145 Å². The van der Waals surface area contributed by atoms with Crippen LogP contribution in [0.5, 0.6) is 5.75 Å². The van der Waals surface area contributed by atoms with Crippen LogP contribution in [0.15, 0.2) is 48.5 Å². The van der Waals surface area contributed by atoms with Crippen molar-refractivity contribution in [2.24, 2.45) is 5.73 Å². The molecule has 3 N–H and O–H groups in total. The maximum absolute atomic E-state index is 13.5. The zero-order chi connectivity index (χ0) is 17.9. The van der Waals surface area contributed by atoms with Crippen LogP contribution in [0, 0.1) is 5.82 Å². The van der Waals surface area contributed by atoms with Crippen molar-refractivity contribution in [3.63, 3.8) is 0 Å². The number of halogens is 1. The molecule has 6 heteroatoms. The lowest BCUT2D eigenvalue weighted by Crippen LogP contribution is -2.46. The van der Waals surface area contributed by atoms with Crippen LogP contribution in [0.3, 0.4) is 0 Å². The van der Waals surface area contributed by atoms with Crippen molar-refractivity contribution in [1.82, 2.24) is 0 Å². The fourth-order valence-electron chi connectivity index (χ4n) is 3.00. The maximum atomic E-state index is 13.5. The summed E-state index contributed by atoms with van der Waals surface area (Å²) in [6.45, 7) is -0.200. The summed E-state index contributed by atoms with van der Waals surface area (Å²) in [5.41, 5.74) is 5.66. The summed E-state index contributed by atoms with van der Waals surface area (Å²) in [6.07, 6.45) is 2.33. The average molecular weight is 342 g/mol. The van der Waals surface area contributed by atoms with E-state index in [0.717, 1.165) is 6.42 Å². The molecule has 3 rings (SSSR count). The molecule has 0 aromatic heterocycles. The average Bonchev–Trinajstić information content (AvgIpc) is 2.53. The smallest absolute Gasteiger partial charge is 0.255 e. The van der Waals surface area contributed by atoms with Gasteiger partial charge in [-0.05, 0) is 54.8 Å². The Balaban J connectivity index is 1.71. The zero-order valence-corrected chi connectivity index (χ0v) is 13.6. The predicted octanol–water partition coefficient (Wildman–Crippen LogP) is 2.75. The lowest BCUT2D eigenvalue weighted by atomic mass is 9.63. The number of hydrogen-bond donors (Lipinski definition) is 2. The molecule has 0 spiro atoms. The molecule has 2 aromatic carbocycles. The van der Waals surface area contributed by atoms with Gasteiger partial charge in [0, 0.05) is 5.69 Å². The molecule has 25 heavy (non-hydrogen) atoms. The van der Waals surface area contributed by atoms with Crippen LogP contribution in [-0.2, 0) is 15.0 Å². The van der Waals surface area contributed by atoms with Gasteiger partial charge < -0.3 is 15.8 Å². The van der Waals surface area contributed by atoms with E-state index in [1.807, 2.05) is 0 Å². The lowest BCUT2D eigenvalue weighted by Gasteiger charge is -2.40. The van der Waals surface area contributed by atoms with Gasteiger partial charge in [-0.2, -0.15) is 0 Å². The summed E-state index contributed by atoms with van der Waals surface area (Å²) < 4.78 is 18.7. The van der Waals surface area contributed by atoms with Gasteiger partial charge in [-0.15, -0.1) is 0 Å². The molecule has 0 unspecified atom stereocenters. The van der Waals surface area contributed by atoms with Gasteiger partial charge in [0.1, 0.15) is 11.6 Å². The molecule has 0 heterocycles. The van der Waals surface area contributed by atoms with Gasteiger partial charge >= 0.3 is 0 Å². The van der Waals surface area contributed by atoms with E-state index in [2.05, 4.69) is 5.32 Å². The van der Waals surface area contributed by atoms with Crippen LogP contribution in [0.1, 0.15) is 24.8 Å². The number of nitrogens with two attached hydrogens (primary N) is 1. The Morgan fingerprint density at radius 3 is 2.44 bits per heavy atom. The summed E-state index contributed by atoms with van der Waals surface area (Å²) in [6, 6.07) is 12.9. The Morgan fingerprint density at radius 2 is 1.88 bits per heavy atom. The van der Waals surface area contributed by atoms with Crippen LogP contribution >= 0.6 is 0 Å². The first-order chi connectivity index (χ1) is 12.0. The minimum atomic E-state index is -0.677. The van der Waals surface area contributed by atoms with Gasteiger partial charge in [0.25, 0.3) is 5.91 Å². The highest BCUT2D eigenvalue weighted by Gasteiger charge is 2.45. The van der Waals surface area contributed by atoms with Crippen molar-refractivity contribution in [1.29, 1.82) is 0 Å². The largest absolute Gasteiger partial charge is 0.484 e. The maximum Gasteiger partial charge on any atom is 0.255 e. The first-order valence-corrected chi connectivity index (χ1v) is 8.08. The van der Waals surface area contributed by atoms with Crippen molar-refractivity contribution in [3.05, 3.63) is 59.9 Å². The molecule has 5 nitrogen and oxygen atoms in total. The first-order valence-electron chi connectivity index (χ1n) is 8.08. The molecule has 1 aliphatic rings. The van der Waals surface area contributed by atoms with Crippen molar-refractivity contribution in [2.45, 2.75) is 24.7 Å². The van der Waals surface area contributed by atoms with Crippen molar-refractivity contribution < 1.29 is 18.7 Å². The number of ether oxygens (including phenoxy) is 1. The predicted molar refractivity (Wildman–Crippen MR) is 91.7 cm³/mol. The summed E-state index contributed by atoms with van der Waals surface area (Å²) in [5, 5.41) is 2.89. The van der Waals surface area contributed by atoms with E-state index in [9.17, 15) is 14.0 Å². The van der Waals surface area contributed by atoms with Gasteiger partial charge in [-0.3, -0.25) is 9.59 Å². The Bertz CT molecular complexity index is 786. The van der Waals surface area contributed by atoms with Gasteiger partial charge in [0.05, 0.1) is 5.41 Å². The number of nitrogens with one attached hydrogen (secondary N) is 1. The molecule has 0 radical (unpaired) electrons. The number of rotatable bonds is 6. The monoisotopic (exact) mass is 342 g/mol. The lowest BCUT2D eigenvalue weighted by molar-refractivity contribution is -0.124. The third-order valence-electron chi connectivity index (χ3n) is 4.51. The van der Waals surface area contributed by atoms with E-state index in [4.69, 9.17) is 10.5 Å². The fourth-order valence-corrected chi connectivity index (χ4v) is 3.00. The molecule has 0 atom stereocenters. The second kappa shape index (κ2) is 6.93. The first kappa shape index (κ1) is 17.0. The number of anilines is 1. The molecule has 130 valence electrons. The highest BCUT2D eigenvalue weighted by molar-refractivity contribution is 6.00. The minimum Gasteiger partial charge on any atom is -0.484 e. The Hall–Kier alpha value is -2.89. The molecular formula is C19H19FN2O3. The molecule has 0 aliphatic heterocycles. The second-order valence-corrected chi connectivity index (χ2v) is 6.18. The molecule has 1 aliphatic carbocycles. The third kappa shape index (κ3) is 3.63. The van der Waals surface area contributed by atoms with Gasteiger partial charge in [0.15, 0.2) is 6.61 Å². The number of benzene rings is 2. The molecule has 1 fully saturated rings. The van der Waals surface area contributed by atoms with Crippen LogP contribution in [0.2, 0.25) is 0 Å². The van der Waals surface area contributed by atoms with E-state index in [1.54, 1.807) is 36.4 Å². The number of hydrogen-bond acceptors (Lipinski definition) is 3. The summed E-state index contributed by atoms with van der Waals surface area (Å²) in [7, 11) is 0. The van der Waals surface area contributed by atoms with Crippen LogP contribution in [-0.4, -0.2) is 18.4 Å². The summed E-state index contributed by atoms with van der Waals surface area (Å²) in [5.74, 6) is -0.553. The molecule has 2 aromatic rings. The SMILES string of the molecule is NC(=O)COc1ccc(NC(=O)C2(c3cccc(F)c3)CCC2)cc1. The van der Waals surface area contributed by atoms with Crippen molar-refractivity contribution in [2.75, 3.05) is 11.9 Å². The molecule has 2 amide bonds. The normalized spacial score (nSPS) is 15.1. The summed E-state index contributed by atoms with van der Waals surface area (Å²) >= 11 is 0. The van der Waals surface area contributed by atoms with Crippen molar-refractivity contribution in [3.8, 4) is 5.75 Å². The quantitative estimate of drug-likeness (QED) is 0.847. The van der Waals surface area contributed by atoms with Crippen molar-refractivity contribution >= 4 is 17.5 Å². The molecule has 1 saturated carbocycles. The zero-order valence-electron chi connectivity index (χ0n) is 13.6. The second-order valence-electron chi connectivity index (χ2n) is 6.18. The van der Waals surface area contributed by atoms with Crippen LogP contribution in [0.25, 0.3) is 0 Å². The highest BCUT2D eigenvalue weighted by atomic mass is 19.1. The van der Waals surface area contributed by atoms with E-state index >= 15 is 0 Å². The third-order valence-corrected chi connectivity index (χ3v) is 4.51. The summed E-state index contributed by atoms with van der Waals surface area (Å²) in [4.78, 5) is 23.5. The Morgan fingerprint density at radius 1 is 1.16 bits per heavy atom. The number of carbonyl (C=O) groups excluding carboxylic acids is 2. The fraction of sp³-hybridized carbons (Fsp3) is 0.263. The van der Waals surface area contributed by atoms with Crippen LogP contribution < -0.4 is 15.8 Å². The molecular weight excluding hydrogens is 323 g/mol. The topological polar surface area (TPSA) is 81.4 Å². The molecule has 0 saturated heterocycles. The van der Waals surface area contributed by atoms with E-state index < -0.39 is 11.3 Å². The minimum absolute atomic E-state index is 0.143. The van der Waals surface area contributed by atoms with Gasteiger partial charge in [-0.25, -0.2) is 4.39 Å². The number of primary amides is 1. The highest BCUT2D eigenvalue weighted by Crippen LogP contribution is 2.44. The van der Waals surface area contributed by atoms with Gasteiger partial charge in [0.2, 0.25) is 5.91 Å². The van der Waals surface area contributed by atoms with E-state index in [-0.39, 0.29) is 18.3 Å². The molecule has 0 bridgehead atoms. The number of amides is 2. The Kier molecular flexibility index (Phi) is 4.70. The number of carbonyl (C=O) groups is 2. The van der Waals surface area contributed by atoms with E-state index in [1.165, 1.54) is 12.1 Å². The van der Waals surface area contributed by atoms with E-state index in [0.29, 0.717) is 29.8 Å². The standard InChI is InChI=1S/C19H19FN2O3/c20-14-4-1-3-13(11-14)19(9-2-10-19)18(24)22-15-5-7-16(8-6-15)25-12-17(21)23/h1,3-8,11H,2,9-10,12H2,(H2,21,23)(H,22,24). The van der Waals surface area contributed by atoms with Gasteiger partial charge in [-0.1, -0.05) is 18.6 Å².